The number of carbonyl (C=O) groups excluding carboxylic acids is 2. The van der Waals surface area contributed by atoms with E-state index in [0.717, 1.165) is 12.8 Å². The number of carbonyl (C=O) groups is 2. The highest BCUT2D eigenvalue weighted by atomic mass is 16.6. The van der Waals surface area contributed by atoms with E-state index in [1.807, 2.05) is 13.8 Å². The molecule has 0 aromatic heterocycles. The second-order valence-electron chi connectivity index (χ2n) is 5.52. The minimum atomic E-state index is -0.866. The fourth-order valence-corrected chi connectivity index (χ4v) is 1.95. The molecule has 0 aliphatic heterocycles. The molecule has 138 valence electrons. The van der Waals surface area contributed by atoms with E-state index in [2.05, 4.69) is 0 Å². The highest BCUT2D eigenvalue weighted by Gasteiger charge is 2.17. The Hall–Kier alpha value is -1.80. The molecule has 0 bridgehead atoms. The normalized spacial score (nSPS) is 13.0. The zero-order valence-electron chi connectivity index (χ0n) is 14.3. The van der Waals surface area contributed by atoms with Crippen molar-refractivity contribution >= 4 is 23.4 Å². The van der Waals surface area contributed by atoms with Crippen LogP contribution in [-0.4, -0.2) is 59.0 Å². The van der Waals surface area contributed by atoms with Gasteiger partial charge in [0, 0.05) is 12.8 Å². The van der Waals surface area contributed by atoms with Gasteiger partial charge in [0.15, 0.2) is 0 Å². The third-order valence-electron chi connectivity index (χ3n) is 3.17. The number of hydrogen-bond donors (Lipinski definition) is 4. The Morgan fingerprint density at radius 2 is 1.17 bits per heavy atom. The minimum Gasteiger partial charge on any atom is -0.458 e. The molecule has 0 spiro atoms. The number of esters is 2. The Kier molecular flexibility index (Phi) is 11.7. The number of ether oxygens (including phenoxy) is 2. The molecule has 0 rings (SSSR count). The van der Waals surface area contributed by atoms with Crippen molar-refractivity contribution in [2.45, 2.75) is 64.6 Å². The first-order chi connectivity index (χ1) is 11.3. The maximum Gasteiger partial charge on any atom is 0.352 e. The molecule has 0 fully saturated rings. The Labute approximate surface area is 142 Å². The monoisotopic (exact) mass is 344 g/mol. The number of hydrogen-bond acceptors (Lipinski definition) is 8. The van der Waals surface area contributed by atoms with E-state index in [0.29, 0.717) is 12.8 Å². The molecule has 0 saturated carbocycles. The van der Waals surface area contributed by atoms with Gasteiger partial charge in [-0.05, 0) is 12.8 Å². The first-order valence-corrected chi connectivity index (χ1v) is 8.16. The molecule has 2 unspecified atom stereocenters. The molecule has 0 aromatic rings. The van der Waals surface area contributed by atoms with Crippen LogP contribution < -0.4 is 0 Å². The van der Waals surface area contributed by atoms with Gasteiger partial charge >= 0.3 is 11.9 Å². The molecular formula is C16H28N2O6. The highest BCUT2D eigenvalue weighted by molar-refractivity contribution is 6.35. The van der Waals surface area contributed by atoms with Crippen molar-refractivity contribution in [1.29, 1.82) is 10.8 Å². The molecule has 0 aliphatic rings. The number of aliphatic hydroxyl groups excluding tert-OH is 2. The van der Waals surface area contributed by atoms with Gasteiger partial charge in [0.05, 0.1) is 12.2 Å². The van der Waals surface area contributed by atoms with Crippen molar-refractivity contribution in [3.63, 3.8) is 0 Å². The third kappa shape index (κ3) is 10.1. The Bertz CT molecular complexity index is 398. The number of rotatable bonds is 13. The summed E-state index contributed by atoms with van der Waals surface area (Å²) in [6.45, 7) is 3.31. The summed E-state index contributed by atoms with van der Waals surface area (Å²) in [5, 5.41) is 34.1. The summed E-state index contributed by atoms with van der Waals surface area (Å²) in [5.74, 6) is -1.73. The summed E-state index contributed by atoms with van der Waals surface area (Å²) < 4.78 is 9.52. The molecule has 2 atom stereocenters. The first-order valence-electron chi connectivity index (χ1n) is 8.16. The van der Waals surface area contributed by atoms with Crippen molar-refractivity contribution in [3.8, 4) is 0 Å². The molecule has 24 heavy (non-hydrogen) atoms. The van der Waals surface area contributed by atoms with Gasteiger partial charge in [0.2, 0.25) is 0 Å². The number of nitrogens with one attached hydrogen (secondary N) is 2. The lowest BCUT2D eigenvalue weighted by molar-refractivity contribution is -0.144. The van der Waals surface area contributed by atoms with Crippen LogP contribution >= 0.6 is 0 Å². The van der Waals surface area contributed by atoms with Gasteiger partial charge < -0.3 is 19.7 Å². The lowest BCUT2D eigenvalue weighted by Crippen LogP contribution is -2.26. The number of aliphatic hydroxyl groups is 2. The lowest BCUT2D eigenvalue weighted by Gasteiger charge is -2.11. The molecule has 8 heteroatoms. The van der Waals surface area contributed by atoms with E-state index in [4.69, 9.17) is 20.3 Å². The van der Waals surface area contributed by atoms with Crippen LogP contribution in [0.3, 0.4) is 0 Å². The fourth-order valence-electron chi connectivity index (χ4n) is 1.95. The van der Waals surface area contributed by atoms with Gasteiger partial charge in [0.1, 0.15) is 24.6 Å². The topological polar surface area (TPSA) is 141 Å². The van der Waals surface area contributed by atoms with Crippen molar-refractivity contribution in [2.24, 2.45) is 0 Å². The SMILES string of the molecule is CCCC(O)CC(=N)C(=O)OCCOC(=O)C(=N)CC(O)CCC. The standard InChI is InChI=1S/C16H28N2O6/c1-3-5-11(19)9-13(17)15(21)23-7-8-24-16(22)14(18)10-12(20)6-4-2/h11-12,17-20H,3-10H2,1-2H3. The van der Waals surface area contributed by atoms with E-state index in [1.54, 1.807) is 0 Å². The summed E-state index contributed by atoms with van der Waals surface area (Å²) in [7, 11) is 0. The Morgan fingerprint density at radius 3 is 1.46 bits per heavy atom. The average Bonchev–Trinajstić information content (AvgIpc) is 2.51. The van der Waals surface area contributed by atoms with Crippen molar-refractivity contribution < 1.29 is 29.3 Å². The summed E-state index contributed by atoms with van der Waals surface area (Å²) in [4.78, 5) is 23.0. The summed E-state index contributed by atoms with van der Waals surface area (Å²) in [6.07, 6.45) is 0.847. The first kappa shape index (κ1) is 22.2. The molecular weight excluding hydrogens is 316 g/mol. The molecule has 0 radical (unpaired) electrons. The smallest absolute Gasteiger partial charge is 0.352 e. The van der Waals surface area contributed by atoms with Crippen molar-refractivity contribution in [3.05, 3.63) is 0 Å². The van der Waals surface area contributed by atoms with Crippen LogP contribution in [0.2, 0.25) is 0 Å². The van der Waals surface area contributed by atoms with Crippen LogP contribution in [0.25, 0.3) is 0 Å². The van der Waals surface area contributed by atoms with E-state index in [1.165, 1.54) is 0 Å². The van der Waals surface area contributed by atoms with Crippen LogP contribution in [0.4, 0.5) is 0 Å². The van der Waals surface area contributed by atoms with Crippen LogP contribution in [0.5, 0.6) is 0 Å². The Balaban J connectivity index is 3.95. The molecule has 0 amide bonds. The minimum absolute atomic E-state index is 0.0770. The van der Waals surface area contributed by atoms with Gasteiger partial charge in [-0.3, -0.25) is 10.8 Å². The van der Waals surface area contributed by atoms with Gasteiger partial charge in [-0.25, -0.2) is 9.59 Å². The molecule has 0 heterocycles. The predicted octanol–water partition coefficient (Wildman–Crippen LogP) is 1.21. The molecule has 0 saturated heterocycles. The second-order valence-corrected chi connectivity index (χ2v) is 5.52. The summed E-state index contributed by atoms with van der Waals surface area (Å²) in [6, 6.07) is 0. The van der Waals surface area contributed by atoms with Crippen molar-refractivity contribution in [2.75, 3.05) is 13.2 Å². The average molecular weight is 344 g/mol. The maximum atomic E-state index is 11.5. The zero-order chi connectivity index (χ0) is 18.5. The maximum absolute atomic E-state index is 11.5. The van der Waals surface area contributed by atoms with Gasteiger partial charge in [-0.2, -0.15) is 0 Å². The third-order valence-corrected chi connectivity index (χ3v) is 3.17. The van der Waals surface area contributed by atoms with Crippen molar-refractivity contribution in [1.82, 2.24) is 0 Å². The van der Waals surface area contributed by atoms with Crippen LogP contribution in [0, 0.1) is 10.8 Å². The summed E-state index contributed by atoms with van der Waals surface area (Å²) in [5.41, 5.74) is -0.671. The summed E-state index contributed by atoms with van der Waals surface area (Å²) >= 11 is 0. The lowest BCUT2D eigenvalue weighted by atomic mass is 10.1. The quantitative estimate of drug-likeness (QED) is 0.225. The largest absolute Gasteiger partial charge is 0.458 e. The van der Waals surface area contributed by atoms with E-state index >= 15 is 0 Å². The molecule has 0 aliphatic carbocycles. The predicted molar refractivity (Wildman–Crippen MR) is 88.4 cm³/mol. The Morgan fingerprint density at radius 1 is 0.833 bits per heavy atom. The van der Waals surface area contributed by atoms with Gasteiger partial charge in [-0.1, -0.05) is 26.7 Å². The van der Waals surface area contributed by atoms with Crippen LogP contribution in [0.1, 0.15) is 52.4 Å². The van der Waals surface area contributed by atoms with E-state index in [9.17, 15) is 19.8 Å². The molecule has 4 N–H and O–H groups in total. The van der Waals surface area contributed by atoms with Crippen LogP contribution in [-0.2, 0) is 19.1 Å². The highest BCUT2D eigenvalue weighted by Crippen LogP contribution is 2.04. The van der Waals surface area contributed by atoms with E-state index < -0.39 is 24.1 Å². The van der Waals surface area contributed by atoms with Gasteiger partial charge in [0.25, 0.3) is 0 Å². The van der Waals surface area contributed by atoms with E-state index in [-0.39, 0.29) is 37.5 Å². The molecule has 0 aromatic carbocycles. The zero-order valence-corrected chi connectivity index (χ0v) is 14.3. The van der Waals surface area contributed by atoms with Gasteiger partial charge in [-0.15, -0.1) is 0 Å². The molecule has 8 nitrogen and oxygen atoms in total. The fraction of sp³-hybridized carbons (Fsp3) is 0.750. The van der Waals surface area contributed by atoms with Crippen LogP contribution in [0.15, 0.2) is 0 Å². The second kappa shape index (κ2) is 12.6.